The van der Waals surface area contributed by atoms with Crippen molar-refractivity contribution in [3.05, 3.63) is 23.7 Å². The Labute approximate surface area is 127 Å². The molecule has 3 heterocycles. The number of sulfone groups is 1. The van der Waals surface area contributed by atoms with Gasteiger partial charge in [-0.2, -0.15) is 0 Å². The van der Waals surface area contributed by atoms with E-state index in [1.807, 2.05) is 5.38 Å². The van der Waals surface area contributed by atoms with E-state index in [1.54, 1.807) is 12.1 Å². The van der Waals surface area contributed by atoms with Gasteiger partial charge in [-0.15, -0.1) is 11.3 Å². The Morgan fingerprint density at radius 1 is 1.38 bits per heavy atom. The smallest absolute Gasteiger partial charge is 0.242 e. The first-order chi connectivity index (χ1) is 9.86. The monoisotopic (exact) mass is 346 g/mol. The first-order valence-corrected chi connectivity index (χ1v) is 10.6. The Kier molecular flexibility index (Phi) is 3.76. The third-order valence-electron chi connectivity index (χ3n) is 3.38. The highest BCUT2D eigenvalue weighted by molar-refractivity contribution is 7.91. The number of nitrogens with one attached hydrogen (secondary N) is 1. The van der Waals surface area contributed by atoms with E-state index in [0.717, 1.165) is 10.2 Å². The highest BCUT2D eigenvalue weighted by atomic mass is 32.2. The van der Waals surface area contributed by atoms with Gasteiger partial charge in [0.2, 0.25) is 10.0 Å². The van der Waals surface area contributed by atoms with Crippen LogP contribution in [-0.4, -0.2) is 39.4 Å². The van der Waals surface area contributed by atoms with Crippen LogP contribution >= 0.6 is 11.3 Å². The van der Waals surface area contributed by atoms with Crippen LogP contribution in [0.15, 0.2) is 28.6 Å². The lowest BCUT2D eigenvalue weighted by Crippen LogP contribution is -2.43. The van der Waals surface area contributed by atoms with Gasteiger partial charge in [0.05, 0.1) is 11.5 Å². The van der Waals surface area contributed by atoms with Crippen LogP contribution in [0.3, 0.4) is 0 Å². The zero-order valence-electron chi connectivity index (χ0n) is 11.0. The fraction of sp³-hybridized carbons (Fsp3) is 0.417. The molecule has 0 aliphatic carbocycles. The Bertz CT molecular complexity index is 871. The van der Waals surface area contributed by atoms with E-state index in [1.165, 1.54) is 17.5 Å². The van der Waals surface area contributed by atoms with Gasteiger partial charge in [-0.3, -0.25) is 0 Å². The van der Waals surface area contributed by atoms with Crippen LogP contribution in [0, 0.1) is 0 Å². The van der Waals surface area contributed by atoms with Crippen LogP contribution in [0.5, 0.6) is 0 Å². The molecule has 1 aliphatic heterocycles. The predicted molar refractivity (Wildman–Crippen MR) is 81.6 cm³/mol. The first-order valence-electron chi connectivity index (χ1n) is 6.42. The lowest BCUT2D eigenvalue weighted by molar-refractivity contribution is 0.517. The van der Waals surface area contributed by atoms with Gasteiger partial charge < -0.3 is 0 Å². The van der Waals surface area contributed by atoms with Crippen molar-refractivity contribution in [1.29, 1.82) is 0 Å². The van der Waals surface area contributed by atoms with Gasteiger partial charge in [-0.1, -0.05) is 0 Å². The molecule has 0 aromatic carbocycles. The summed E-state index contributed by atoms with van der Waals surface area (Å²) in [6.45, 7) is 0. The number of hydrogen-bond donors (Lipinski definition) is 1. The normalized spacial score (nSPS) is 22.4. The molecule has 3 rings (SSSR count). The Balaban J connectivity index is 1.86. The molecule has 1 N–H and O–H groups in total. The van der Waals surface area contributed by atoms with E-state index < -0.39 is 25.9 Å². The Morgan fingerprint density at radius 2 is 2.19 bits per heavy atom. The molecule has 21 heavy (non-hydrogen) atoms. The van der Waals surface area contributed by atoms with Crippen LogP contribution in [0.25, 0.3) is 10.2 Å². The van der Waals surface area contributed by atoms with Crippen molar-refractivity contribution in [1.82, 2.24) is 9.71 Å². The molecule has 1 saturated heterocycles. The summed E-state index contributed by atoms with van der Waals surface area (Å²) in [4.78, 5) is 4.95. The minimum absolute atomic E-state index is 0.0661. The van der Waals surface area contributed by atoms with Crippen molar-refractivity contribution in [2.45, 2.75) is 23.8 Å². The van der Waals surface area contributed by atoms with Crippen LogP contribution in [0.2, 0.25) is 0 Å². The molecule has 1 unspecified atom stereocenters. The predicted octanol–water partition coefficient (Wildman–Crippen LogP) is 1.15. The highest BCUT2D eigenvalue weighted by Gasteiger charge is 2.29. The van der Waals surface area contributed by atoms with Crippen LogP contribution in [0.1, 0.15) is 12.8 Å². The molecule has 0 radical (unpaired) electrons. The number of hydrogen-bond acceptors (Lipinski definition) is 6. The maximum absolute atomic E-state index is 12.3. The summed E-state index contributed by atoms with van der Waals surface area (Å²) in [7, 11) is -6.90. The van der Waals surface area contributed by atoms with E-state index in [2.05, 4.69) is 9.71 Å². The zero-order chi connectivity index (χ0) is 15.1. The Morgan fingerprint density at radius 3 is 2.95 bits per heavy atom. The second-order valence-corrected chi connectivity index (χ2v) is 9.90. The molecule has 9 heteroatoms. The quantitative estimate of drug-likeness (QED) is 0.900. The summed E-state index contributed by atoms with van der Waals surface area (Å²) in [5.41, 5.74) is 0. The lowest BCUT2D eigenvalue weighted by Gasteiger charge is -2.22. The number of thiophene rings is 1. The standard InChI is InChI=1S/C12H14N2O4S3/c15-20(16)5-1-2-10(8-20)14-21(17,18)11-6-9-3-4-19-12(9)13-7-11/h3-4,6-7,10,14H,1-2,5,8H2. The van der Waals surface area contributed by atoms with Crippen LogP contribution in [-0.2, 0) is 19.9 Å². The van der Waals surface area contributed by atoms with Crippen LogP contribution < -0.4 is 4.72 Å². The van der Waals surface area contributed by atoms with E-state index in [4.69, 9.17) is 0 Å². The summed E-state index contributed by atoms with van der Waals surface area (Å²) < 4.78 is 50.3. The lowest BCUT2D eigenvalue weighted by atomic mass is 10.2. The van der Waals surface area contributed by atoms with Gasteiger partial charge in [0.15, 0.2) is 9.84 Å². The van der Waals surface area contributed by atoms with Gasteiger partial charge in [-0.25, -0.2) is 26.5 Å². The van der Waals surface area contributed by atoms with E-state index in [0.29, 0.717) is 12.8 Å². The topological polar surface area (TPSA) is 93.2 Å². The van der Waals surface area contributed by atoms with Gasteiger partial charge >= 0.3 is 0 Å². The summed E-state index contributed by atoms with van der Waals surface area (Å²) >= 11 is 1.44. The molecule has 0 amide bonds. The van der Waals surface area contributed by atoms with Crippen LogP contribution in [0.4, 0.5) is 0 Å². The first kappa shape index (κ1) is 14.9. The van der Waals surface area contributed by atoms with Gasteiger partial charge in [0.25, 0.3) is 0 Å². The van der Waals surface area contributed by atoms with Crippen molar-refractivity contribution in [2.75, 3.05) is 11.5 Å². The average molecular weight is 346 g/mol. The number of sulfonamides is 1. The molecule has 1 aliphatic rings. The molecule has 1 atom stereocenters. The molecule has 2 aromatic rings. The van der Waals surface area contributed by atoms with Crippen molar-refractivity contribution in [3.63, 3.8) is 0 Å². The largest absolute Gasteiger partial charge is 0.244 e. The molecule has 0 saturated carbocycles. The molecule has 0 spiro atoms. The third-order valence-corrected chi connectivity index (χ3v) is 7.52. The third kappa shape index (κ3) is 3.25. The maximum Gasteiger partial charge on any atom is 0.242 e. The van der Waals surface area contributed by atoms with Crippen molar-refractivity contribution in [2.24, 2.45) is 0 Å². The van der Waals surface area contributed by atoms with Crippen molar-refractivity contribution < 1.29 is 16.8 Å². The molecule has 2 aromatic heterocycles. The van der Waals surface area contributed by atoms with Crippen molar-refractivity contribution >= 4 is 41.4 Å². The minimum atomic E-state index is -3.75. The number of aromatic nitrogens is 1. The minimum Gasteiger partial charge on any atom is -0.244 e. The highest BCUT2D eigenvalue weighted by Crippen LogP contribution is 2.22. The number of pyridine rings is 1. The summed E-state index contributed by atoms with van der Waals surface area (Å²) in [6.07, 6.45) is 2.32. The average Bonchev–Trinajstić information content (AvgIpc) is 2.83. The van der Waals surface area contributed by atoms with Gasteiger partial charge in [-0.05, 0) is 30.4 Å². The number of nitrogens with zero attached hydrogens (tertiary/aromatic N) is 1. The van der Waals surface area contributed by atoms with Crippen molar-refractivity contribution in [3.8, 4) is 0 Å². The molecular weight excluding hydrogens is 332 g/mol. The number of rotatable bonds is 3. The van der Waals surface area contributed by atoms with Gasteiger partial charge in [0.1, 0.15) is 9.73 Å². The summed E-state index contributed by atoms with van der Waals surface area (Å²) in [6, 6.07) is 2.79. The molecular formula is C12H14N2O4S3. The molecule has 1 fully saturated rings. The van der Waals surface area contributed by atoms with E-state index in [-0.39, 0.29) is 16.4 Å². The fourth-order valence-corrected chi connectivity index (χ4v) is 6.10. The Hall–Kier alpha value is -1.03. The summed E-state index contributed by atoms with van der Waals surface area (Å²) in [5, 5.41) is 2.61. The zero-order valence-corrected chi connectivity index (χ0v) is 13.5. The second-order valence-electron chi connectivity index (χ2n) is 5.06. The fourth-order valence-electron chi connectivity index (χ4n) is 2.39. The SMILES string of the molecule is O=S1(=O)CCCC(NS(=O)(=O)c2cnc3sccc3c2)C1. The second kappa shape index (κ2) is 5.31. The van der Waals surface area contributed by atoms with E-state index in [9.17, 15) is 16.8 Å². The molecule has 114 valence electrons. The van der Waals surface area contributed by atoms with Gasteiger partial charge in [0, 0.05) is 17.6 Å². The summed E-state index contributed by atoms with van der Waals surface area (Å²) in [5.74, 6) is -0.00595. The van der Waals surface area contributed by atoms with E-state index >= 15 is 0 Å². The number of fused-ring (bicyclic) bond motifs is 1. The molecule has 0 bridgehead atoms. The molecule has 6 nitrogen and oxygen atoms in total. The maximum atomic E-state index is 12.3.